The van der Waals surface area contributed by atoms with Crippen molar-refractivity contribution in [2.75, 3.05) is 0 Å². The van der Waals surface area contributed by atoms with Gasteiger partial charge in [0.1, 0.15) is 11.2 Å². The van der Waals surface area contributed by atoms with Gasteiger partial charge in [0.25, 0.3) is 0 Å². The van der Waals surface area contributed by atoms with Crippen LogP contribution < -0.4 is 0 Å². The summed E-state index contributed by atoms with van der Waals surface area (Å²) in [6.07, 6.45) is 15.3. The first-order chi connectivity index (χ1) is 6.66. The summed E-state index contributed by atoms with van der Waals surface area (Å²) in [6, 6.07) is 0. The van der Waals surface area contributed by atoms with Crippen LogP contribution in [0.4, 0.5) is 0 Å². The first kappa shape index (κ1) is 9.44. The van der Waals surface area contributed by atoms with E-state index in [9.17, 15) is 10.2 Å². The third-order valence-corrected chi connectivity index (χ3v) is 2.85. The molecule has 0 aromatic heterocycles. The SMILES string of the molecule is O[C@]1([C@]2(O)C=CC=CC2)C=CC=CC1. The highest BCUT2D eigenvalue weighted by molar-refractivity contribution is 5.31. The monoisotopic (exact) mass is 190 g/mol. The maximum Gasteiger partial charge on any atom is 0.119 e. The molecule has 0 radical (unpaired) electrons. The zero-order valence-electron chi connectivity index (χ0n) is 7.93. The van der Waals surface area contributed by atoms with Crippen LogP contribution in [-0.2, 0) is 0 Å². The molecule has 0 heterocycles. The van der Waals surface area contributed by atoms with Gasteiger partial charge in [0.2, 0.25) is 0 Å². The number of allylic oxidation sites excluding steroid dienone is 4. The Morgan fingerprint density at radius 2 is 1.14 bits per heavy atom. The molecule has 2 rings (SSSR count). The lowest BCUT2D eigenvalue weighted by atomic mass is 9.75. The fourth-order valence-electron chi connectivity index (χ4n) is 1.86. The Hall–Kier alpha value is -1.12. The maximum atomic E-state index is 10.3. The van der Waals surface area contributed by atoms with Crippen LogP contribution in [0.2, 0.25) is 0 Å². The standard InChI is InChI=1S/C12H14O2/c13-11(7-3-1-4-8-11)12(14)9-5-2-6-10-12/h1-7,9,13-14H,8,10H2/t11-,12+. The van der Waals surface area contributed by atoms with Gasteiger partial charge in [0, 0.05) is 12.8 Å². The number of aliphatic hydroxyl groups is 2. The molecule has 0 aliphatic heterocycles. The van der Waals surface area contributed by atoms with Crippen LogP contribution in [0.25, 0.3) is 0 Å². The van der Waals surface area contributed by atoms with Crippen molar-refractivity contribution < 1.29 is 10.2 Å². The second-order valence-corrected chi connectivity index (χ2v) is 3.83. The van der Waals surface area contributed by atoms with Crippen LogP contribution in [0.5, 0.6) is 0 Å². The Bertz CT molecular complexity index is 304. The van der Waals surface area contributed by atoms with Crippen molar-refractivity contribution in [2.45, 2.75) is 24.0 Å². The lowest BCUT2D eigenvalue weighted by Crippen LogP contribution is -2.52. The molecular weight excluding hydrogens is 176 g/mol. The minimum absolute atomic E-state index is 0.457. The molecule has 2 aliphatic carbocycles. The van der Waals surface area contributed by atoms with Crippen molar-refractivity contribution in [1.82, 2.24) is 0 Å². The smallest absolute Gasteiger partial charge is 0.119 e. The summed E-state index contributed by atoms with van der Waals surface area (Å²) in [5.74, 6) is 0. The first-order valence-corrected chi connectivity index (χ1v) is 4.80. The minimum Gasteiger partial charge on any atom is -0.382 e. The topological polar surface area (TPSA) is 40.5 Å². The van der Waals surface area contributed by atoms with Crippen molar-refractivity contribution in [1.29, 1.82) is 0 Å². The Morgan fingerprint density at radius 3 is 1.43 bits per heavy atom. The van der Waals surface area contributed by atoms with Crippen molar-refractivity contribution >= 4 is 0 Å². The maximum absolute atomic E-state index is 10.3. The number of hydrogen-bond acceptors (Lipinski definition) is 2. The van der Waals surface area contributed by atoms with Gasteiger partial charge in [-0.3, -0.25) is 0 Å². The van der Waals surface area contributed by atoms with Gasteiger partial charge in [-0.15, -0.1) is 0 Å². The number of hydrogen-bond donors (Lipinski definition) is 2. The lowest BCUT2D eigenvalue weighted by molar-refractivity contribution is -0.0892. The van der Waals surface area contributed by atoms with Crippen molar-refractivity contribution in [3.63, 3.8) is 0 Å². The van der Waals surface area contributed by atoms with Crippen LogP contribution >= 0.6 is 0 Å². The Kier molecular flexibility index (Phi) is 2.17. The second kappa shape index (κ2) is 3.23. The fourth-order valence-corrected chi connectivity index (χ4v) is 1.86. The molecule has 2 N–H and O–H groups in total. The van der Waals surface area contributed by atoms with Crippen LogP contribution in [0.1, 0.15) is 12.8 Å². The quantitative estimate of drug-likeness (QED) is 0.657. The van der Waals surface area contributed by atoms with Crippen LogP contribution in [0.3, 0.4) is 0 Å². The molecule has 0 spiro atoms. The predicted octanol–water partition coefficient (Wildman–Crippen LogP) is 1.48. The Balaban J connectivity index is 2.29. The molecule has 0 saturated carbocycles. The second-order valence-electron chi connectivity index (χ2n) is 3.83. The van der Waals surface area contributed by atoms with Gasteiger partial charge in [0.15, 0.2) is 0 Å². The van der Waals surface area contributed by atoms with E-state index in [2.05, 4.69) is 0 Å². The molecule has 2 aliphatic rings. The predicted molar refractivity (Wildman–Crippen MR) is 55.7 cm³/mol. The van der Waals surface area contributed by atoms with Gasteiger partial charge >= 0.3 is 0 Å². The number of rotatable bonds is 1. The normalized spacial score (nSPS) is 40.4. The third-order valence-electron chi connectivity index (χ3n) is 2.85. The van der Waals surface area contributed by atoms with E-state index in [1.54, 1.807) is 24.3 Å². The summed E-state index contributed by atoms with van der Waals surface area (Å²) in [6.45, 7) is 0. The Labute approximate surface area is 83.6 Å². The summed E-state index contributed by atoms with van der Waals surface area (Å²) >= 11 is 0. The van der Waals surface area contributed by atoms with E-state index in [0.29, 0.717) is 12.8 Å². The average molecular weight is 190 g/mol. The molecule has 2 atom stereocenters. The van der Waals surface area contributed by atoms with Crippen LogP contribution in [0.15, 0.2) is 48.6 Å². The molecule has 0 aromatic rings. The summed E-state index contributed by atoms with van der Waals surface area (Å²) in [7, 11) is 0. The molecule has 0 fully saturated rings. The zero-order chi connectivity index (χ0) is 10.1. The molecule has 2 nitrogen and oxygen atoms in total. The van der Waals surface area contributed by atoms with E-state index in [1.807, 2.05) is 24.3 Å². The van der Waals surface area contributed by atoms with E-state index in [4.69, 9.17) is 0 Å². The minimum atomic E-state index is -1.16. The van der Waals surface area contributed by atoms with Crippen molar-refractivity contribution in [3.05, 3.63) is 48.6 Å². The molecular formula is C12H14O2. The molecule has 74 valence electrons. The van der Waals surface area contributed by atoms with Crippen LogP contribution in [0, 0.1) is 0 Å². The summed E-state index contributed by atoms with van der Waals surface area (Å²) in [5, 5.41) is 20.6. The zero-order valence-corrected chi connectivity index (χ0v) is 7.93. The highest BCUT2D eigenvalue weighted by Gasteiger charge is 2.44. The Morgan fingerprint density at radius 1 is 0.714 bits per heavy atom. The van der Waals surface area contributed by atoms with E-state index in [0.717, 1.165) is 0 Å². The first-order valence-electron chi connectivity index (χ1n) is 4.80. The van der Waals surface area contributed by atoms with Gasteiger partial charge in [-0.05, 0) is 12.2 Å². The van der Waals surface area contributed by atoms with E-state index in [-0.39, 0.29) is 0 Å². The van der Waals surface area contributed by atoms with E-state index >= 15 is 0 Å². The lowest BCUT2D eigenvalue weighted by Gasteiger charge is -2.40. The molecule has 0 unspecified atom stereocenters. The van der Waals surface area contributed by atoms with Crippen LogP contribution in [-0.4, -0.2) is 21.4 Å². The fraction of sp³-hybridized carbons (Fsp3) is 0.333. The summed E-state index contributed by atoms with van der Waals surface area (Å²) in [5.41, 5.74) is -2.33. The summed E-state index contributed by atoms with van der Waals surface area (Å²) < 4.78 is 0. The van der Waals surface area contributed by atoms with Crippen molar-refractivity contribution in [2.24, 2.45) is 0 Å². The third kappa shape index (κ3) is 1.37. The molecule has 0 saturated heterocycles. The van der Waals surface area contributed by atoms with Gasteiger partial charge < -0.3 is 10.2 Å². The molecule has 0 aromatic carbocycles. The van der Waals surface area contributed by atoms with Gasteiger partial charge in [-0.1, -0.05) is 36.5 Å². The molecule has 0 bridgehead atoms. The molecule has 14 heavy (non-hydrogen) atoms. The highest BCUT2D eigenvalue weighted by atomic mass is 16.4. The van der Waals surface area contributed by atoms with Gasteiger partial charge in [0.05, 0.1) is 0 Å². The average Bonchev–Trinajstić information content (AvgIpc) is 2.20. The largest absolute Gasteiger partial charge is 0.382 e. The van der Waals surface area contributed by atoms with E-state index < -0.39 is 11.2 Å². The molecule has 0 amide bonds. The van der Waals surface area contributed by atoms with Gasteiger partial charge in [-0.2, -0.15) is 0 Å². The highest BCUT2D eigenvalue weighted by Crippen LogP contribution is 2.35. The van der Waals surface area contributed by atoms with Crippen molar-refractivity contribution in [3.8, 4) is 0 Å². The summed E-state index contributed by atoms with van der Waals surface area (Å²) in [4.78, 5) is 0. The molecule has 2 heteroatoms. The van der Waals surface area contributed by atoms with E-state index in [1.165, 1.54) is 0 Å². The van der Waals surface area contributed by atoms with Gasteiger partial charge in [-0.25, -0.2) is 0 Å².